The Morgan fingerprint density at radius 1 is 0.295 bits per heavy atom. The maximum Gasteiger partial charge on any atom is 0.392 e. The molecule has 4 nitrogen and oxygen atoms in total. The minimum Gasteiger partial charge on any atom is -0.351 e. The molecule has 36 heteroatoms. The summed E-state index contributed by atoms with van der Waals surface area (Å²) in [4.78, 5) is 22.8. The van der Waals surface area contributed by atoms with Crippen LogP contribution in [0.2, 0.25) is 0 Å². The molecule has 2 amide bonds. The van der Waals surface area contributed by atoms with Gasteiger partial charge in [-0.1, -0.05) is 19.3 Å². The summed E-state index contributed by atoms with van der Waals surface area (Å²) in [6.45, 7) is -2.99. The molecule has 0 fully saturated rings. The van der Waals surface area contributed by atoms with Crippen molar-refractivity contribution >= 4 is 11.8 Å². The van der Waals surface area contributed by atoms with Crippen LogP contribution in [0.15, 0.2) is 0 Å². The average Bonchev–Trinajstić information content (AvgIpc) is 3.09. The molecule has 0 atom stereocenters. The molecule has 2 N–H and O–H groups in total. The van der Waals surface area contributed by atoms with Crippen LogP contribution in [0.25, 0.3) is 0 Å². The molecule has 364 valence electrons. The fraction of sp³-hybridized carbons (Fsp3) is 0.920. The molecule has 0 radical (unpaired) electrons. The van der Waals surface area contributed by atoms with Crippen molar-refractivity contribution in [3.63, 3.8) is 0 Å². The molecule has 0 aliphatic heterocycles. The molecule has 0 saturated heterocycles. The van der Waals surface area contributed by atoms with Crippen molar-refractivity contribution in [2.24, 2.45) is 0 Å². The second kappa shape index (κ2) is 17.0. The molecule has 0 saturated carbocycles. The quantitative estimate of drug-likeness (QED) is 0.0748. The molecule has 0 rings (SSSR count). The third-order valence-corrected chi connectivity index (χ3v) is 7.82. The first-order chi connectivity index (χ1) is 26.4. The fourth-order valence-corrected chi connectivity index (χ4v) is 3.96. The summed E-state index contributed by atoms with van der Waals surface area (Å²) in [5, 5.41) is 1.15. The zero-order chi connectivity index (χ0) is 49.7. The number of amides is 2. The number of hydrogen-bond donors (Lipinski definition) is 2. The van der Waals surface area contributed by atoms with E-state index in [4.69, 9.17) is 0 Å². The highest BCUT2D eigenvalue weighted by Gasteiger charge is 2.96. The lowest BCUT2D eigenvalue weighted by molar-refractivity contribution is -0.443. The molecule has 0 aromatic carbocycles. The Bertz CT molecular complexity index is 1410. The van der Waals surface area contributed by atoms with Crippen LogP contribution < -0.4 is 10.6 Å². The van der Waals surface area contributed by atoms with Gasteiger partial charge in [-0.2, -0.15) is 123 Å². The Morgan fingerprint density at radius 2 is 0.475 bits per heavy atom. The molecule has 0 spiro atoms. The third-order valence-electron chi connectivity index (χ3n) is 7.82. The number of carbonyl (C=O) groups excluding carboxylic acids is 2. The van der Waals surface area contributed by atoms with Crippen LogP contribution in [0, 0.1) is 0 Å². The maximum absolute atomic E-state index is 13.9. The summed E-state index contributed by atoms with van der Waals surface area (Å²) in [7, 11) is 0. The van der Waals surface area contributed by atoms with Crippen molar-refractivity contribution in [3.05, 3.63) is 0 Å². The lowest BCUT2D eigenvalue weighted by atomic mass is 9.89. The van der Waals surface area contributed by atoms with Gasteiger partial charge in [0.1, 0.15) is 0 Å². The third kappa shape index (κ3) is 8.57. The highest BCUT2D eigenvalue weighted by molar-refractivity contribution is 5.85. The number of halogens is 32. The maximum atomic E-state index is 13.9. The largest absolute Gasteiger partial charge is 0.392 e. The highest BCUT2D eigenvalue weighted by atomic mass is 19.4. The highest BCUT2D eigenvalue weighted by Crippen LogP contribution is 2.64. The predicted molar refractivity (Wildman–Crippen MR) is 130 cm³/mol. The monoisotopic (exact) mass is 986 g/mol. The fourth-order valence-electron chi connectivity index (χ4n) is 3.96. The Kier molecular flexibility index (Phi) is 16.1. The summed E-state index contributed by atoms with van der Waals surface area (Å²) in [6, 6.07) is 0. The van der Waals surface area contributed by atoms with Gasteiger partial charge in [-0.3, -0.25) is 9.59 Å². The van der Waals surface area contributed by atoms with Crippen LogP contribution in [-0.4, -0.2) is 121 Å². The van der Waals surface area contributed by atoms with Gasteiger partial charge in [0.05, 0.1) is 0 Å². The molecule has 0 unspecified atom stereocenters. The van der Waals surface area contributed by atoms with Crippen LogP contribution in [0.5, 0.6) is 0 Å². The van der Waals surface area contributed by atoms with Gasteiger partial charge in [-0.25, -0.2) is 17.6 Å². The van der Waals surface area contributed by atoms with Gasteiger partial charge in [0.15, 0.2) is 0 Å². The number of unbranched alkanes of at least 4 members (excludes halogenated alkanes) is 4. The molecular weight excluding hydrogens is 968 g/mol. The number of nitrogens with one attached hydrogen (secondary N) is 2. The van der Waals surface area contributed by atoms with Gasteiger partial charge in [-0.05, 0) is 12.8 Å². The van der Waals surface area contributed by atoms with Crippen molar-refractivity contribution in [2.45, 2.75) is 128 Å². The van der Waals surface area contributed by atoms with Crippen molar-refractivity contribution < 1.29 is 150 Å². The van der Waals surface area contributed by atoms with Crippen molar-refractivity contribution in [1.82, 2.24) is 10.6 Å². The molecule has 0 aliphatic rings. The Hall–Kier alpha value is -3.30. The molecule has 0 aromatic heterocycles. The van der Waals surface area contributed by atoms with Gasteiger partial charge in [0.2, 0.25) is 0 Å². The van der Waals surface area contributed by atoms with Gasteiger partial charge in [-0.15, -0.1) is 0 Å². The zero-order valence-corrected chi connectivity index (χ0v) is 28.0. The van der Waals surface area contributed by atoms with E-state index in [0.29, 0.717) is 10.6 Å². The van der Waals surface area contributed by atoms with E-state index >= 15 is 0 Å². The lowest BCUT2D eigenvalue weighted by Gasteiger charge is -2.42. The summed E-state index contributed by atoms with van der Waals surface area (Å²) >= 11 is 0. The first kappa shape index (κ1) is 57.7. The second-order valence-corrected chi connectivity index (χ2v) is 12.0. The Labute approximate surface area is 314 Å². The molecule has 0 heterocycles. The number of rotatable bonds is 24. The topological polar surface area (TPSA) is 58.2 Å². The first-order valence-corrected chi connectivity index (χ1v) is 14.9. The summed E-state index contributed by atoms with van der Waals surface area (Å²) in [5.41, 5.74) is 0. The number of carbonyl (C=O) groups is 2. The van der Waals surface area contributed by atoms with Crippen LogP contribution in [0.4, 0.5) is 140 Å². The van der Waals surface area contributed by atoms with Crippen LogP contribution in [-0.2, 0) is 9.59 Å². The molecule has 61 heavy (non-hydrogen) atoms. The zero-order valence-electron chi connectivity index (χ0n) is 28.0. The van der Waals surface area contributed by atoms with Crippen molar-refractivity contribution in [1.29, 1.82) is 0 Å². The average molecular weight is 986 g/mol. The van der Waals surface area contributed by atoms with Gasteiger partial charge in [0.25, 0.3) is 11.8 Å². The van der Waals surface area contributed by atoms with Crippen molar-refractivity contribution in [2.75, 3.05) is 13.1 Å². The Balaban J connectivity index is 5.57. The van der Waals surface area contributed by atoms with E-state index in [2.05, 4.69) is 0 Å². The van der Waals surface area contributed by atoms with Gasteiger partial charge >= 0.3 is 95.8 Å². The van der Waals surface area contributed by atoms with Crippen LogP contribution >= 0.6 is 0 Å². The van der Waals surface area contributed by atoms with Gasteiger partial charge < -0.3 is 10.6 Å². The standard InChI is InChI=1S/C25H18F32N2O2/c26-8(27)12(30,31)16(38,39)20(46,47)24(54,55)22(50,51)18(42,43)14(34,35)10(60)58-6-4-2-1-3-5-7-59-11(61)15(36,37)19(44,45)23(52,53)25(56,57)21(48,49)17(40,41)13(32,33)9(28)29/h8-9H,1-7H2,(H,58,60)(H,59,61). The smallest absolute Gasteiger partial charge is 0.351 e. The van der Waals surface area contributed by atoms with Crippen LogP contribution in [0.3, 0.4) is 0 Å². The van der Waals surface area contributed by atoms with E-state index in [1.165, 1.54) is 0 Å². The van der Waals surface area contributed by atoms with E-state index in [-0.39, 0.29) is 0 Å². The molecular formula is C25H18F32N2O2. The number of alkyl halides is 32. The van der Waals surface area contributed by atoms with E-state index in [0.717, 1.165) is 0 Å². The predicted octanol–water partition coefficient (Wildman–Crippen LogP) is 10.6. The molecule has 0 aromatic rings. The van der Waals surface area contributed by atoms with Gasteiger partial charge in [0, 0.05) is 13.1 Å². The first-order valence-electron chi connectivity index (χ1n) is 14.9. The van der Waals surface area contributed by atoms with E-state index in [1.807, 2.05) is 0 Å². The van der Waals surface area contributed by atoms with E-state index in [1.54, 1.807) is 0 Å². The van der Waals surface area contributed by atoms with Crippen molar-refractivity contribution in [3.8, 4) is 0 Å². The normalized spacial score (nSPS) is 15.8. The van der Waals surface area contributed by atoms with E-state index < -0.39 is 153 Å². The molecule has 0 bridgehead atoms. The lowest BCUT2D eigenvalue weighted by Crippen LogP contribution is -2.74. The van der Waals surface area contributed by atoms with E-state index in [9.17, 15) is 150 Å². The summed E-state index contributed by atoms with van der Waals surface area (Å²) in [5.74, 6) is -124. The SMILES string of the molecule is O=C(NCCCCCCCNC(=O)C(F)(F)C(F)(F)C(F)(F)C(F)(F)C(F)(F)C(F)(F)C(F)(F)C(F)F)C(F)(F)C(F)(F)C(F)(F)C(F)(F)C(F)(F)C(F)(F)C(F)(F)C(F)F. The second-order valence-electron chi connectivity index (χ2n) is 12.0. The number of hydrogen-bond acceptors (Lipinski definition) is 2. The summed E-state index contributed by atoms with van der Waals surface area (Å²) in [6.07, 6.45) is -15.8. The Morgan fingerprint density at radius 3 is 0.689 bits per heavy atom. The minimum absolute atomic E-state index is 0.557. The minimum atomic E-state index is -8.80. The van der Waals surface area contributed by atoms with Crippen LogP contribution in [0.1, 0.15) is 32.1 Å². The molecule has 0 aliphatic carbocycles. The summed E-state index contributed by atoms with van der Waals surface area (Å²) < 4.78 is 427.